The molecule has 0 saturated heterocycles. The molecule has 0 bridgehead atoms. The molecule has 1 amide bonds. The molecule has 2 aromatic rings. The Morgan fingerprint density at radius 1 is 1.22 bits per heavy atom. The first-order valence-corrected chi connectivity index (χ1v) is 7.89. The summed E-state index contributed by atoms with van der Waals surface area (Å²) in [7, 11) is 0. The standard InChI is InChI=1S/C18H18ClNO3/c19-15-8-4-2-6-13(15)10-23-11-17(22)20-18-14-7-3-1-5-12(14)9-16(18)21/h1-8,16,18,21H,9-11H2,(H,20,22)/t16-,18+/m1/s1. The van der Waals surface area contributed by atoms with E-state index < -0.39 is 6.10 Å². The van der Waals surface area contributed by atoms with E-state index in [1.54, 1.807) is 6.07 Å². The van der Waals surface area contributed by atoms with E-state index in [1.165, 1.54) is 0 Å². The maximum Gasteiger partial charge on any atom is 0.246 e. The lowest BCUT2D eigenvalue weighted by Crippen LogP contribution is -2.36. The van der Waals surface area contributed by atoms with Crippen LogP contribution in [-0.4, -0.2) is 23.7 Å². The van der Waals surface area contributed by atoms with E-state index in [-0.39, 0.29) is 25.2 Å². The summed E-state index contributed by atoms with van der Waals surface area (Å²) in [5.41, 5.74) is 2.88. The number of fused-ring (bicyclic) bond motifs is 1. The minimum atomic E-state index is -0.597. The van der Waals surface area contributed by atoms with Crippen molar-refractivity contribution in [3.63, 3.8) is 0 Å². The van der Waals surface area contributed by atoms with Crippen LogP contribution in [0.4, 0.5) is 0 Å². The maximum absolute atomic E-state index is 12.0. The quantitative estimate of drug-likeness (QED) is 0.885. The number of carbonyl (C=O) groups is 1. The first-order valence-electron chi connectivity index (χ1n) is 7.51. The molecular weight excluding hydrogens is 314 g/mol. The predicted molar refractivity (Wildman–Crippen MR) is 88.1 cm³/mol. The van der Waals surface area contributed by atoms with Gasteiger partial charge in [-0.3, -0.25) is 4.79 Å². The van der Waals surface area contributed by atoms with E-state index in [2.05, 4.69) is 5.32 Å². The van der Waals surface area contributed by atoms with Gasteiger partial charge in [-0.1, -0.05) is 54.1 Å². The lowest BCUT2D eigenvalue weighted by atomic mass is 10.1. The molecule has 0 aliphatic heterocycles. The lowest BCUT2D eigenvalue weighted by molar-refractivity contribution is -0.127. The van der Waals surface area contributed by atoms with Gasteiger partial charge in [0, 0.05) is 11.4 Å². The molecule has 3 rings (SSSR count). The van der Waals surface area contributed by atoms with Crippen molar-refractivity contribution in [2.75, 3.05) is 6.61 Å². The van der Waals surface area contributed by atoms with Crippen molar-refractivity contribution in [2.24, 2.45) is 0 Å². The normalized spacial score (nSPS) is 19.4. The molecule has 2 atom stereocenters. The summed E-state index contributed by atoms with van der Waals surface area (Å²) in [4.78, 5) is 12.0. The Morgan fingerprint density at radius 2 is 1.96 bits per heavy atom. The Hall–Kier alpha value is -1.88. The van der Waals surface area contributed by atoms with Crippen LogP contribution in [0.15, 0.2) is 48.5 Å². The van der Waals surface area contributed by atoms with E-state index >= 15 is 0 Å². The average Bonchev–Trinajstić information content (AvgIpc) is 2.85. The molecule has 0 saturated carbocycles. The van der Waals surface area contributed by atoms with Gasteiger partial charge >= 0.3 is 0 Å². The van der Waals surface area contributed by atoms with Gasteiger partial charge in [-0.15, -0.1) is 0 Å². The molecule has 0 radical (unpaired) electrons. The Labute approximate surface area is 140 Å². The largest absolute Gasteiger partial charge is 0.390 e. The van der Waals surface area contributed by atoms with E-state index in [4.69, 9.17) is 16.3 Å². The van der Waals surface area contributed by atoms with Gasteiger partial charge in [0.25, 0.3) is 0 Å². The highest BCUT2D eigenvalue weighted by Crippen LogP contribution is 2.31. The number of nitrogens with one attached hydrogen (secondary N) is 1. The zero-order valence-electron chi connectivity index (χ0n) is 12.5. The number of benzene rings is 2. The summed E-state index contributed by atoms with van der Waals surface area (Å²) in [5, 5.41) is 13.6. The number of aliphatic hydroxyl groups is 1. The van der Waals surface area contributed by atoms with Crippen LogP contribution in [0.5, 0.6) is 0 Å². The molecule has 5 heteroatoms. The molecule has 1 aliphatic rings. The Kier molecular flexibility index (Phi) is 4.96. The van der Waals surface area contributed by atoms with Crippen molar-refractivity contribution in [3.05, 3.63) is 70.2 Å². The highest BCUT2D eigenvalue weighted by molar-refractivity contribution is 6.31. The van der Waals surface area contributed by atoms with Crippen molar-refractivity contribution in [1.82, 2.24) is 5.32 Å². The summed E-state index contributed by atoms with van der Waals surface area (Å²) < 4.78 is 5.42. The second-order valence-electron chi connectivity index (χ2n) is 5.60. The fourth-order valence-electron chi connectivity index (χ4n) is 2.83. The van der Waals surface area contributed by atoms with Crippen LogP contribution in [-0.2, 0) is 22.6 Å². The molecule has 4 nitrogen and oxygen atoms in total. The first-order chi connectivity index (χ1) is 11.1. The molecule has 23 heavy (non-hydrogen) atoms. The number of hydrogen-bond donors (Lipinski definition) is 2. The van der Waals surface area contributed by atoms with Crippen LogP contribution < -0.4 is 5.32 Å². The maximum atomic E-state index is 12.0. The third-order valence-corrected chi connectivity index (χ3v) is 4.34. The number of amides is 1. The Morgan fingerprint density at radius 3 is 2.78 bits per heavy atom. The smallest absolute Gasteiger partial charge is 0.246 e. The van der Waals surface area contributed by atoms with Crippen molar-refractivity contribution < 1.29 is 14.6 Å². The molecule has 2 aromatic carbocycles. The van der Waals surface area contributed by atoms with Gasteiger partial charge in [-0.05, 0) is 22.8 Å². The zero-order valence-corrected chi connectivity index (χ0v) is 13.3. The summed E-state index contributed by atoms with van der Waals surface area (Å²) in [5.74, 6) is -0.252. The fraction of sp³-hybridized carbons (Fsp3) is 0.278. The minimum absolute atomic E-state index is 0.0728. The molecule has 2 N–H and O–H groups in total. The number of ether oxygens (including phenoxy) is 1. The lowest BCUT2D eigenvalue weighted by Gasteiger charge is -2.18. The molecule has 0 aromatic heterocycles. The summed E-state index contributed by atoms with van der Waals surface area (Å²) in [6.07, 6.45) is -0.0402. The molecule has 0 spiro atoms. The molecule has 120 valence electrons. The van der Waals surface area contributed by atoms with Gasteiger partial charge in [-0.25, -0.2) is 0 Å². The third kappa shape index (κ3) is 3.72. The van der Waals surface area contributed by atoms with Crippen LogP contribution in [0.3, 0.4) is 0 Å². The number of carbonyl (C=O) groups excluding carboxylic acids is 1. The van der Waals surface area contributed by atoms with Crippen LogP contribution >= 0.6 is 11.6 Å². The van der Waals surface area contributed by atoms with Gasteiger partial charge in [0.1, 0.15) is 6.61 Å². The van der Waals surface area contributed by atoms with Crippen LogP contribution in [0, 0.1) is 0 Å². The monoisotopic (exact) mass is 331 g/mol. The SMILES string of the molecule is O=C(COCc1ccccc1Cl)N[C@H]1c2ccccc2C[C@H]1O. The number of aliphatic hydroxyl groups excluding tert-OH is 1. The molecule has 0 unspecified atom stereocenters. The van der Waals surface area contributed by atoms with Gasteiger partial charge in [0.15, 0.2) is 0 Å². The highest BCUT2D eigenvalue weighted by atomic mass is 35.5. The van der Waals surface area contributed by atoms with Crippen molar-refractivity contribution in [1.29, 1.82) is 0 Å². The van der Waals surface area contributed by atoms with Crippen LogP contribution in [0.2, 0.25) is 5.02 Å². The average molecular weight is 332 g/mol. The summed E-state index contributed by atoms with van der Waals surface area (Å²) >= 11 is 6.04. The van der Waals surface area contributed by atoms with Crippen LogP contribution in [0.1, 0.15) is 22.7 Å². The van der Waals surface area contributed by atoms with Gasteiger partial charge in [-0.2, -0.15) is 0 Å². The summed E-state index contributed by atoms with van der Waals surface area (Å²) in [6, 6.07) is 14.7. The van der Waals surface area contributed by atoms with Crippen molar-refractivity contribution >= 4 is 17.5 Å². The van der Waals surface area contributed by atoms with E-state index in [0.29, 0.717) is 11.4 Å². The van der Waals surface area contributed by atoms with Crippen molar-refractivity contribution in [3.8, 4) is 0 Å². The van der Waals surface area contributed by atoms with Crippen LogP contribution in [0.25, 0.3) is 0 Å². The zero-order chi connectivity index (χ0) is 16.2. The molecule has 0 fully saturated rings. The predicted octanol–water partition coefficient (Wildman–Crippen LogP) is 2.63. The second-order valence-corrected chi connectivity index (χ2v) is 6.01. The van der Waals surface area contributed by atoms with Gasteiger partial charge < -0.3 is 15.2 Å². The minimum Gasteiger partial charge on any atom is -0.390 e. The fourth-order valence-corrected chi connectivity index (χ4v) is 3.02. The summed E-state index contributed by atoms with van der Waals surface area (Å²) in [6.45, 7) is 0.202. The topological polar surface area (TPSA) is 58.6 Å². The Bertz CT molecular complexity index is 704. The van der Waals surface area contributed by atoms with E-state index in [1.807, 2.05) is 42.5 Å². The Balaban J connectivity index is 1.53. The second kappa shape index (κ2) is 7.13. The number of rotatable bonds is 5. The first kappa shape index (κ1) is 16.0. The van der Waals surface area contributed by atoms with Gasteiger partial charge in [0.05, 0.1) is 18.8 Å². The van der Waals surface area contributed by atoms with Crippen molar-refractivity contribution in [2.45, 2.75) is 25.2 Å². The van der Waals surface area contributed by atoms with E-state index in [9.17, 15) is 9.90 Å². The third-order valence-electron chi connectivity index (χ3n) is 3.97. The van der Waals surface area contributed by atoms with E-state index in [0.717, 1.165) is 16.7 Å². The number of hydrogen-bond acceptors (Lipinski definition) is 3. The molecule has 0 heterocycles. The molecule has 1 aliphatic carbocycles. The highest BCUT2D eigenvalue weighted by Gasteiger charge is 2.31. The number of halogens is 1. The molecular formula is C18H18ClNO3. The van der Waals surface area contributed by atoms with Gasteiger partial charge in [0.2, 0.25) is 5.91 Å².